The third kappa shape index (κ3) is 5.99. The van der Waals surface area contributed by atoms with Gasteiger partial charge in [-0.1, -0.05) is 32.0 Å². The number of aromatic nitrogens is 2. The summed E-state index contributed by atoms with van der Waals surface area (Å²) in [5, 5.41) is 3.81. The Morgan fingerprint density at radius 3 is 2.24 bits per heavy atom. The molecule has 1 heterocycles. The van der Waals surface area contributed by atoms with Crippen molar-refractivity contribution in [3.63, 3.8) is 0 Å². The largest absolute Gasteiger partial charge is 0.457 e. The summed E-state index contributed by atoms with van der Waals surface area (Å²) in [4.78, 5) is 15.6. The summed E-state index contributed by atoms with van der Waals surface area (Å²) in [6.07, 6.45) is 8.10. The maximum atomic E-state index is 13.2. The molecule has 4 rings (SSSR count). The zero-order valence-corrected chi connectivity index (χ0v) is 20.7. The highest BCUT2D eigenvalue weighted by Gasteiger charge is 2.25. The van der Waals surface area contributed by atoms with Gasteiger partial charge < -0.3 is 15.0 Å². The van der Waals surface area contributed by atoms with Crippen LogP contribution >= 0.6 is 0 Å². The smallest absolute Gasteiger partial charge is 0.332 e. The minimum atomic E-state index is 0.0306. The number of rotatable bonds is 10. The van der Waals surface area contributed by atoms with Gasteiger partial charge >= 0.3 is 5.69 Å². The van der Waals surface area contributed by atoms with Gasteiger partial charge in [-0.15, -0.1) is 0 Å². The van der Waals surface area contributed by atoms with Crippen molar-refractivity contribution in [1.29, 1.82) is 0 Å². The third-order valence-corrected chi connectivity index (χ3v) is 6.93. The average molecular weight is 463 g/mol. The number of imidazole rings is 1. The van der Waals surface area contributed by atoms with Crippen molar-refractivity contribution in [2.24, 2.45) is 0 Å². The van der Waals surface area contributed by atoms with Crippen molar-refractivity contribution in [3.8, 4) is 17.2 Å². The van der Waals surface area contributed by atoms with Gasteiger partial charge in [0.25, 0.3) is 0 Å². The number of hydrogen-bond acceptors (Lipinski definition) is 4. The summed E-state index contributed by atoms with van der Waals surface area (Å²) < 4.78 is 9.52. The molecule has 6 nitrogen and oxygen atoms in total. The molecule has 3 aromatic rings. The maximum absolute atomic E-state index is 13.2. The number of nitrogens with one attached hydrogen (secondary N) is 1. The molecule has 0 spiro atoms. The van der Waals surface area contributed by atoms with Gasteiger partial charge in [-0.3, -0.25) is 9.13 Å². The quantitative estimate of drug-likeness (QED) is 0.448. The fourth-order valence-electron chi connectivity index (χ4n) is 5.01. The molecule has 1 aliphatic carbocycles. The van der Waals surface area contributed by atoms with E-state index in [2.05, 4.69) is 31.0 Å². The highest BCUT2D eigenvalue weighted by molar-refractivity contribution is 5.39. The van der Waals surface area contributed by atoms with Crippen molar-refractivity contribution < 1.29 is 4.74 Å². The first-order valence-corrected chi connectivity index (χ1v) is 12.7. The van der Waals surface area contributed by atoms with Crippen LogP contribution in [0.5, 0.6) is 11.5 Å². The van der Waals surface area contributed by atoms with Crippen LogP contribution in [0.2, 0.25) is 0 Å². The molecular weight excluding hydrogens is 424 g/mol. The Morgan fingerprint density at radius 2 is 1.59 bits per heavy atom. The SMILES string of the molecule is CCN(CC)CC(C)NC1CCC(n2ccn(-c3ccc(Oc4ccccc4)cc3)c2=O)CC1. The Hall–Kier alpha value is -2.83. The van der Waals surface area contributed by atoms with Crippen LogP contribution in [0, 0.1) is 0 Å². The highest BCUT2D eigenvalue weighted by Crippen LogP contribution is 2.28. The van der Waals surface area contributed by atoms with Crippen molar-refractivity contribution in [2.75, 3.05) is 19.6 Å². The molecule has 0 aliphatic heterocycles. The lowest BCUT2D eigenvalue weighted by Gasteiger charge is -2.33. The lowest BCUT2D eigenvalue weighted by molar-refractivity contribution is 0.231. The fraction of sp³-hybridized carbons (Fsp3) is 0.464. The molecule has 1 aromatic heterocycles. The topological polar surface area (TPSA) is 51.4 Å². The van der Waals surface area contributed by atoms with Gasteiger partial charge in [0.1, 0.15) is 11.5 Å². The zero-order valence-electron chi connectivity index (χ0n) is 20.7. The molecule has 1 unspecified atom stereocenters. The molecule has 0 amide bonds. The van der Waals surface area contributed by atoms with Crippen molar-refractivity contribution in [3.05, 3.63) is 77.5 Å². The van der Waals surface area contributed by atoms with E-state index in [0.29, 0.717) is 12.1 Å². The van der Waals surface area contributed by atoms with E-state index < -0.39 is 0 Å². The number of nitrogens with zero attached hydrogens (tertiary/aromatic N) is 3. The monoisotopic (exact) mass is 462 g/mol. The van der Waals surface area contributed by atoms with Gasteiger partial charge in [0.05, 0.1) is 5.69 Å². The number of hydrogen-bond donors (Lipinski definition) is 1. The van der Waals surface area contributed by atoms with Crippen LogP contribution in [0.1, 0.15) is 52.5 Å². The average Bonchev–Trinajstić information content (AvgIpc) is 3.25. The van der Waals surface area contributed by atoms with Gasteiger partial charge in [0.2, 0.25) is 0 Å². The van der Waals surface area contributed by atoms with Crippen molar-refractivity contribution in [1.82, 2.24) is 19.4 Å². The standard InChI is InChI=1S/C28H38N4O2/c1-4-30(5-2)21-22(3)29-23-11-13-24(14-12-23)31-19-20-32(28(31)33)25-15-17-27(18-16-25)34-26-9-7-6-8-10-26/h6-10,15-20,22-24,29H,4-5,11-14,21H2,1-3H3. The predicted molar refractivity (Wildman–Crippen MR) is 138 cm³/mol. The summed E-state index contributed by atoms with van der Waals surface area (Å²) in [7, 11) is 0. The highest BCUT2D eigenvalue weighted by atomic mass is 16.5. The summed E-state index contributed by atoms with van der Waals surface area (Å²) in [5.41, 5.74) is 0.882. The first-order chi connectivity index (χ1) is 16.6. The second-order valence-electron chi connectivity index (χ2n) is 9.33. The Kier molecular flexibility index (Phi) is 8.25. The van der Waals surface area contributed by atoms with Crippen LogP contribution in [0.4, 0.5) is 0 Å². The Labute approximate surface area is 203 Å². The second kappa shape index (κ2) is 11.5. The van der Waals surface area contributed by atoms with Crippen LogP contribution in [0.25, 0.3) is 5.69 Å². The molecule has 0 saturated heterocycles. The maximum Gasteiger partial charge on any atom is 0.332 e. The van der Waals surface area contributed by atoms with Crippen molar-refractivity contribution in [2.45, 2.75) is 64.6 Å². The van der Waals surface area contributed by atoms with Crippen LogP contribution in [-0.4, -0.2) is 45.8 Å². The zero-order chi connectivity index (χ0) is 23.9. The number of ether oxygens (including phenoxy) is 1. The molecule has 6 heteroatoms. The van der Waals surface area contributed by atoms with Gasteiger partial charge in [0.15, 0.2) is 0 Å². The number of benzene rings is 2. The van der Waals surface area contributed by atoms with E-state index in [1.165, 1.54) is 0 Å². The van der Waals surface area contributed by atoms with Crippen LogP contribution < -0.4 is 15.7 Å². The molecule has 182 valence electrons. The minimum absolute atomic E-state index is 0.0306. The van der Waals surface area contributed by atoms with E-state index in [1.807, 2.05) is 71.6 Å². The predicted octanol–water partition coefficient (Wildman–Crippen LogP) is 5.23. The molecule has 0 radical (unpaired) electrons. The van der Waals surface area contributed by atoms with Gasteiger partial charge in [0, 0.05) is 37.1 Å². The molecule has 2 aromatic carbocycles. The Balaban J connectivity index is 1.34. The Bertz CT molecular complexity index is 1060. The lowest BCUT2D eigenvalue weighted by Crippen LogP contribution is -2.45. The number of likely N-dealkylation sites (N-methyl/N-ethyl adjacent to an activating group) is 1. The first kappa shape index (κ1) is 24.3. The van der Waals surface area contributed by atoms with Crippen LogP contribution in [0.3, 0.4) is 0 Å². The molecule has 1 atom stereocenters. The van der Waals surface area contributed by atoms with Crippen LogP contribution in [0.15, 0.2) is 71.8 Å². The lowest BCUT2D eigenvalue weighted by atomic mass is 9.90. The fourth-order valence-corrected chi connectivity index (χ4v) is 5.01. The Morgan fingerprint density at radius 1 is 0.941 bits per heavy atom. The summed E-state index contributed by atoms with van der Waals surface area (Å²) in [6.45, 7) is 10.0. The van der Waals surface area contributed by atoms with E-state index in [-0.39, 0.29) is 11.7 Å². The molecular formula is C28H38N4O2. The van der Waals surface area contributed by atoms with Gasteiger partial charge in [-0.2, -0.15) is 0 Å². The summed E-state index contributed by atoms with van der Waals surface area (Å²) in [5.74, 6) is 1.55. The van der Waals surface area contributed by atoms with Gasteiger partial charge in [-0.25, -0.2) is 4.79 Å². The molecule has 1 aliphatic rings. The second-order valence-corrected chi connectivity index (χ2v) is 9.33. The van der Waals surface area contributed by atoms with Crippen molar-refractivity contribution >= 4 is 0 Å². The van der Waals surface area contributed by atoms with Crippen LogP contribution in [-0.2, 0) is 0 Å². The summed E-state index contributed by atoms with van der Waals surface area (Å²) >= 11 is 0. The third-order valence-electron chi connectivity index (χ3n) is 6.93. The molecule has 1 saturated carbocycles. The van der Waals surface area contributed by atoms with E-state index in [9.17, 15) is 4.79 Å². The summed E-state index contributed by atoms with van der Waals surface area (Å²) in [6, 6.07) is 18.7. The first-order valence-electron chi connectivity index (χ1n) is 12.7. The molecule has 0 bridgehead atoms. The van der Waals surface area contributed by atoms with E-state index in [4.69, 9.17) is 4.74 Å². The van der Waals surface area contributed by atoms with Gasteiger partial charge in [-0.05, 0) is 82.1 Å². The number of para-hydroxylation sites is 1. The molecule has 1 N–H and O–H groups in total. The molecule has 1 fully saturated rings. The molecule has 34 heavy (non-hydrogen) atoms. The van der Waals surface area contributed by atoms with E-state index in [1.54, 1.807) is 4.57 Å². The minimum Gasteiger partial charge on any atom is -0.457 e. The van der Waals surface area contributed by atoms with E-state index in [0.717, 1.165) is 62.5 Å². The van der Waals surface area contributed by atoms with E-state index >= 15 is 0 Å². The normalized spacial score (nSPS) is 19.3.